The molecule has 86 valence electrons. The number of amides is 1. The molecule has 1 aromatic rings. The molecule has 2 heterocycles. The monoisotopic (exact) mass is 219 g/mol. The molecule has 4 heteroatoms. The molecule has 1 aliphatic heterocycles. The van der Waals surface area contributed by atoms with Crippen molar-refractivity contribution in [2.75, 3.05) is 13.1 Å². The molecule has 0 bridgehead atoms. The van der Waals surface area contributed by atoms with E-state index in [-0.39, 0.29) is 5.91 Å². The fourth-order valence-electron chi connectivity index (χ4n) is 2.14. The maximum atomic E-state index is 11.4. The van der Waals surface area contributed by atoms with Gasteiger partial charge in [-0.25, -0.2) is 0 Å². The second-order valence-electron chi connectivity index (χ2n) is 4.20. The van der Waals surface area contributed by atoms with Crippen molar-refractivity contribution in [1.29, 1.82) is 0 Å². The van der Waals surface area contributed by atoms with E-state index in [2.05, 4.69) is 11.7 Å². The summed E-state index contributed by atoms with van der Waals surface area (Å²) in [4.78, 5) is 13.2. The Balaban J connectivity index is 1.81. The lowest BCUT2D eigenvalue weighted by atomic mass is 9.97. The van der Waals surface area contributed by atoms with Gasteiger partial charge in [-0.1, -0.05) is 6.58 Å². The molecule has 1 aliphatic rings. The van der Waals surface area contributed by atoms with Crippen LogP contribution >= 0.6 is 0 Å². The zero-order chi connectivity index (χ0) is 11.4. The number of likely N-dealkylation sites (tertiary alicyclic amines) is 1. The standard InChI is InChI=1S/C12H17N3O/c1-2-12(16)14-8-4-11(5-9-14)10-15-7-3-6-13-15/h2-3,6-7,11H,1,4-5,8-10H2. The van der Waals surface area contributed by atoms with Crippen molar-refractivity contribution in [2.24, 2.45) is 5.92 Å². The summed E-state index contributed by atoms with van der Waals surface area (Å²) in [5.74, 6) is 0.686. The minimum Gasteiger partial charge on any atom is -0.339 e. The van der Waals surface area contributed by atoms with Crippen LogP contribution in [0.15, 0.2) is 31.1 Å². The predicted molar refractivity (Wildman–Crippen MR) is 61.7 cm³/mol. The van der Waals surface area contributed by atoms with Crippen LogP contribution in [0.25, 0.3) is 0 Å². The molecule has 0 spiro atoms. The van der Waals surface area contributed by atoms with E-state index in [1.807, 2.05) is 21.8 Å². The van der Waals surface area contributed by atoms with E-state index in [1.165, 1.54) is 6.08 Å². The molecule has 0 atom stereocenters. The predicted octanol–water partition coefficient (Wildman–Crippen LogP) is 1.31. The van der Waals surface area contributed by atoms with Gasteiger partial charge in [-0.3, -0.25) is 9.48 Å². The molecule has 0 aromatic carbocycles. The van der Waals surface area contributed by atoms with Crippen LogP contribution in [-0.2, 0) is 11.3 Å². The van der Waals surface area contributed by atoms with Gasteiger partial charge in [0.1, 0.15) is 0 Å². The van der Waals surface area contributed by atoms with Crippen LogP contribution in [0.4, 0.5) is 0 Å². The highest BCUT2D eigenvalue weighted by Crippen LogP contribution is 2.18. The van der Waals surface area contributed by atoms with E-state index in [0.717, 1.165) is 32.5 Å². The Morgan fingerprint density at radius 1 is 1.50 bits per heavy atom. The summed E-state index contributed by atoms with van der Waals surface area (Å²) < 4.78 is 1.97. The molecular weight excluding hydrogens is 202 g/mol. The fraction of sp³-hybridized carbons (Fsp3) is 0.500. The highest BCUT2D eigenvalue weighted by atomic mass is 16.2. The molecule has 1 aromatic heterocycles. The van der Waals surface area contributed by atoms with Crippen LogP contribution < -0.4 is 0 Å². The summed E-state index contributed by atoms with van der Waals surface area (Å²) >= 11 is 0. The van der Waals surface area contributed by atoms with E-state index in [4.69, 9.17) is 0 Å². The Labute approximate surface area is 95.5 Å². The summed E-state index contributed by atoms with van der Waals surface area (Å²) in [6.07, 6.45) is 7.30. The van der Waals surface area contributed by atoms with E-state index >= 15 is 0 Å². The SMILES string of the molecule is C=CC(=O)N1CCC(Cn2cccn2)CC1. The molecule has 0 N–H and O–H groups in total. The quantitative estimate of drug-likeness (QED) is 0.719. The van der Waals surface area contributed by atoms with E-state index in [0.29, 0.717) is 5.92 Å². The smallest absolute Gasteiger partial charge is 0.245 e. The summed E-state index contributed by atoms with van der Waals surface area (Å²) in [6.45, 7) is 6.16. The Bertz CT molecular complexity index is 350. The number of rotatable bonds is 3. The maximum Gasteiger partial charge on any atom is 0.245 e. The summed E-state index contributed by atoms with van der Waals surface area (Å²) in [7, 11) is 0. The van der Waals surface area contributed by atoms with Crippen LogP contribution in [0.1, 0.15) is 12.8 Å². The van der Waals surface area contributed by atoms with Crippen molar-refractivity contribution in [3.63, 3.8) is 0 Å². The molecule has 0 radical (unpaired) electrons. The Morgan fingerprint density at radius 2 is 2.25 bits per heavy atom. The van der Waals surface area contributed by atoms with E-state index < -0.39 is 0 Å². The molecule has 4 nitrogen and oxygen atoms in total. The van der Waals surface area contributed by atoms with Gasteiger partial charge in [-0.2, -0.15) is 5.10 Å². The highest BCUT2D eigenvalue weighted by Gasteiger charge is 2.21. The van der Waals surface area contributed by atoms with Gasteiger partial charge in [0.25, 0.3) is 0 Å². The minimum atomic E-state index is 0.0533. The Morgan fingerprint density at radius 3 is 2.81 bits per heavy atom. The third kappa shape index (κ3) is 2.51. The van der Waals surface area contributed by atoms with Crippen LogP contribution in [0, 0.1) is 5.92 Å². The molecule has 1 amide bonds. The zero-order valence-electron chi connectivity index (χ0n) is 9.38. The van der Waals surface area contributed by atoms with Crippen LogP contribution in [0.5, 0.6) is 0 Å². The van der Waals surface area contributed by atoms with Gasteiger partial charge in [0.15, 0.2) is 0 Å². The number of hydrogen-bond donors (Lipinski definition) is 0. The van der Waals surface area contributed by atoms with Crippen molar-refractivity contribution >= 4 is 5.91 Å². The lowest BCUT2D eigenvalue weighted by molar-refractivity contribution is -0.127. The molecule has 0 unspecified atom stereocenters. The third-order valence-corrected chi connectivity index (χ3v) is 3.11. The van der Waals surface area contributed by atoms with Crippen molar-refractivity contribution in [1.82, 2.24) is 14.7 Å². The topological polar surface area (TPSA) is 38.1 Å². The second-order valence-corrected chi connectivity index (χ2v) is 4.20. The van der Waals surface area contributed by atoms with E-state index in [1.54, 1.807) is 6.20 Å². The third-order valence-electron chi connectivity index (χ3n) is 3.11. The van der Waals surface area contributed by atoms with Crippen LogP contribution in [-0.4, -0.2) is 33.7 Å². The van der Waals surface area contributed by atoms with Gasteiger partial charge < -0.3 is 4.90 Å². The van der Waals surface area contributed by atoms with Crippen LogP contribution in [0.3, 0.4) is 0 Å². The largest absolute Gasteiger partial charge is 0.339 e. The van der Waals surface area contributed by atoms with Crippen molar-refractivity contribution < 1.29 is 4.79 Å². The first kappa shape index (κ1) is 10.9. The molecule has 1 saturated heterocycles. The first-order chi connectivity index (χ1) is 7.79. The minimum absolute atomic E-state index is 0.0533. The number of piperidine rings is 1. The van der Waals surface area contributed by atoms with E-state index in [9.17, 15) is 4.79 Å². The number of carbonyl (C=O) groups excluding carboxylic acids is 1. The number of aromatic nitrogens is 2. The van der Waals surface area contributed by atoms with Crippen molar-refractivity contribution in [2.45, 2.75) is 19.4 Å². The molecular formula is C12H17N3O. The molecule has 2 rings (SSSR count). The van der Waals surface area contributed by atoms with Crippen molar-refractivity contribution in [3.8, 4) is 0 Å². The molecule has 0 aliphatic carbocycles. The highest BCUT2D eigenvalue weighted by molar-refractivity contribution is 5.87. The molecule has 1 fully saturated rings. The summed E-state index contributed by atoms with van der Waals surface area (Å²) in [6, 6.07) is 1.94. The molecule has 16 heavy (non-hydrogen) atoms. The number of carbonyl (C=O) groups is 1. The van der Waals surface area contributed by atoms with Gasteiger partial charge in [0, 0.05) is 32.0 Å². The average Bonchev–Trinajstić information content (AvgIpc) is 2.82. The van der Waals surface area contributed by atoms with Gasteiger partial charge in [-0.05, 0) is 30.9 Å². The molecule has 0 saturated carbocycles. The lowest BCUT2D eigenvalue weighted by Crippen LogP contribution is -2.38. The van der Waals surface area contributed by atoms with Gasteiger partial charge in [0.05, 0.1) is 0 Å². The maximum absolute atomic E-state index is 11.4. The Hall–Kier alpha value is -1.58. The Kier molecular flexibility index (Phi) is 3.39. The first-order valence-electron chi connectivity index (χ1n) is 5.68. The zero-order valence-corrected chi connectivity index (χ0v) is 9.38. The van der Waals surface area contributed by atoms with Crippen molar-refractivity contribution in [3.05, 3.63) is 31.1 Å². The summed E-state index contributed by atoms with van der Waals surface area (Å²) in [5.41, 5.74) is 0. The van der Waals surface area contributed by atoms with Gasteiger partial charge in [-0.15, -0.1) is 0 Å². The first-order valence-corrected chi connectivity index (χ1v) is 5.68. The lowest BCUT2D eigenvalue weighted by Gasteiger charge is -2.31. The average molecular weight is 219 g/mol. The summed E-state index contributed by atoms with van der Waals surface area (Å²) in [5, 5.41) is 4.20. The van der Waals surface area contributed by atoms with Crippen LogP contribution in [0.2, 0.25) is 0 Å². The van der Waals surface area contributed by atoms with Gasteiger partial charge in [0.2, 0.25) is 5.91 Å². The normalized spacial score (nSPS) is 17.4. The fourth-order valence-corrected chi connectivity index (χ4v) is 2.14. The number of nitrogens with zero attached hydrogens (tertiary/aromatic N) is 3. The number of hydrogen-bond acceptors (Lipinski definition) is 2. The van der Waals surface area contributed by atoms with Gasteiger partial charge >= 0.3 is 0 Å². The second kappa shape index (κ2) is 4.96.